The van der Waals surface area contributed by atoms with Crippen molar-refractivity contribution in [1.82, 2.24) is 25.0 Å². The molecule has 1 N–H and O–H groups in total. The van der Waals surface area contributed by atoms with Crippen LogP contribution in [-0.4, -0.2) is 32.1 Å². The Morgan fingerprint density at radius 3 is 3.04 bits per heavy atom. The quantitative estimate of drug-likeness (QED) is 0.692. The van der Waals surface area contributed by atoms with Crippen LogP contribution >= 0.6 is 11.3 Å². The van der Waals surface area contributed by atoms with Gasteiger partial charge in [0.1, 0.15) is 4.83 Å². The van der Waals surface area contributed by atoms with E-state index in [9.17, 15) is 9.59 Å². The molecule has 142 valence electrons. The van der Waals surface area contributed by atoms with Crippen molar-refractivity contribution in [3.05, 3.63) is 38.8 Å². The summed E-state index contributed by atoms with van der Waals surface area (Å²) in [5, 5.41) is 7.27. The van der Waals surface area contributed by atoms with Crippen LogP contribution in [0.4, 0.5) is 0 Å². The van der Waals surface area contributed by atoms with Gasteiger partial charge in [-0.3, -0.25) is 14.2 Å². The lowest BCUT2D eigenvalue weighted by molar-refractivity contribution is -0.121. The zero-order valence-corrected chi connectivity index (χ0v) is 16.0. The summed E-state index contributed by atoms with van der Waals surface area (Å²) in [6, 6.07) is 0. The minimum Gasteiger partial charge on any atom is -0.356 e. The number of carbonyl (C=O) groups excluding carboxylic acids is 1. The van der Waals surface area contributed by atoms with E-state index < -0.39 is 0 Å². The van der Waals surface area contributed by atoms with Gasteiger partial charge in [0.15, 0.2) is 5.82 Å². The minimum absolute atomic E-state index is 0.0338. The van der Waals surface area contributed by atoms with E-state index in [-0.39, 0.29) is 17.9 Å². The van der Waals surface area contributed by atoms with Crippen molar-refractivity contribution < 1.29 is 9.32 Å². The molecule has 9 heteroatoms. The van der Waals surface area contributed by atoms with Gasteiger partial charge in [0.2, 0.25) is 11.8 Å². The fraction of sp³-hybridized carbons (Fsp3) is 0.500. The maximum absolute atomic E-state index is 12.8. The van der Waals surface area contributed by atoms with Gasteiger partial charge in [0.25, 0.3) is 5.56 Å². The van der Waals surface area contributed by atoms with Crippen LogP contribution < -0.4 is 10.9 Å². The van der Waals surface area contributed by atoms with Crippen LogP contribution in [0.5, 0.6) is 0 Å². The van der Waals surface area contributed by atoms with E-state index >= 15 is 0 Å². The van der Waals surface area contributed by atoms with E-state index in [4.69, 9.17) is 4.52 Å². The number of fused-ring (bicyclic) bond motifs is 3. The lowest BCUT2D eigenvalue weighted by Gasteiger charge is -2.10. The normalized spacial score (nSPS) is 13.7. The lowest BCUT2D eigenvalue weighted by atomic mass is 9.97. The van der Waals surface area contributed by atoms with E-state index in [0.717, 1.165) is 29.5 Å². The van der Waals surface area contributed by atoms with Crippen molar-refractivity contribution in [3.8, 4) is 0 Å². The largest absolute Gasteiger partial charge is 0.356 e. The van der Waals surface area contributed by atoms with Crippen LogP contribution in [-0.2, 0) is 30.6 Å². The van der Waals surface area contributed by atoms with E-state index in [1.165, 1.54) is 16.9 Å². The Balaban J connectivity index is 1.37. The Morgan fingerprint density at radius 2 is 2.22 bits per heavy atom. The number of aromatic nitrogens is 4. The fourth-order valence-electron chi connectivity index (χ4n) is 3.40. The second-order valence-corrected chi connectivity index (χ2v) is 7.80. The molecular formula is C18H21N5O3S. The predicted molar refractivity (Wildman–Crippen MR) is 101 cm³/mol. The number of thiophene rings is 1. The number of nitrogens with zero attached hydrogens (tertiary/aromatic N) is 4. The predicted octanol–water partition coefficient (Wildman–Crippen LogP) is 1.78. The molecule has 0 spiro atoms. The van der Waals surface area contributed by atoms with Crippen LogP contribution in [0.1, 0.15) is 41.4 Å². The Bertz CT molecular complexity index is 1040. The van der Waals surface area contributed by atoms with E-state index in [0.29, 0.717) is 31.2 Å². The van der Waals surface area contributed by atoms with Crippen LogP contribution in [0, 0.1) is 6.92 Å². The molecule has 1 aliphatic rings. The number of hydrogen-bond donors (Lipinski definition) is 1. The molecule has 1 amide bonds. The summed E-state index contributed by atoms with van der Waals surface area (Å²) in [7, 11) is 0. The summed E-state index contributed by atoms with van der Waals surface area (Å²) in [6.07, 6.45) is 6.56. The summed E-state index contributed by atoms with van der Waals surface area (Å²) in [5.41, 5.74) is 1.14. The fourth-order valence-corrected chi connectivity index (χ4v) is 4.62. The molecule has 0 saturated carbocycles. The highest BCUT2D eigenvalue weighted by atomic mass is 32.1. The highest BCUT2D eigenvalue weighted by Gasteiger charge is 2.20. The van der Waals surface area contributed by atoms with Crippen LogP contribution in [0.15, 0.2) is 15.6 Å². The maximum Gasteiger partial charge on any atom is 0.262 e. The summed E-state index contributed by atoms with van der Waals surface area (Å²) in [5.74, 6) is 0.959. The molecule has 0 saturated heterocycles. The maximum atomic E-state index is 12.8. The van der Waals surface area contributed by atoms with Crippen molar-refractivity contribution in [1.29, 1.82) is 0 Å². The van der Waals surface area contributed by atoms with Crippen molar-refractivity contribution >= 4 is 27.5 Å². The Hall–Kier alpha value is -2.55. The third-order valence-corrected chi connectivity index (χ3v) is 5.95. The van der Waals surface area contributed by atoms with Crippen molar-refractivity contribution in [2.24, 2.45) is 0 Å². The molecule has 3 heterocycles. The average Bonchev–Trinajstić information content (AvgIpc) is 3.24. The number of aryl methyl sites for hydroxylation is 4. The van der Waals surface area contributed by atoms with Gasteiger partial charge in [-0.1, -0.05) is 5.16 Å². The van der Waals surface area contributed by atoms with Gasteiger partial charge in [-0.15, -0.1) is 11.3 Å². The first-order chi connectivity index (χ1) is 13.1. The van der Waals surface area contributed by atoms with Gasteiger partial charge in [-0.05, 0) is 38.2 Å². The highest BCUT2D eigenvalue weighted by Crippen LogP contribution is 2.33. The molecular weight excluding hydrogens is 366 g/mol. The standard InChI is InChI=1S/C18H21N5O3S/c1-11-21-15(26-22-11)6-8-19-14(24)7-9-23-10-20-17-16(18(23)25)12-4-2-3-5-13(12)27-17/h10H,2-9H2,1H3,(H,19,24). The summed E-state index contributed by atoms with van der Waals surface area (Å²) in [4.78, 5) is 35.6. The summed E-state index contributed by atoms with van der Waals surface area (Å²) >= 11 is 1.63. The Morgan fingerprint density at radius 1 is 1.37 bits per heavy atom. The van der Waals surface area contributed by atoms with Gasteiger partial charge in [-0.2, -0.15) is 4.98 Å². The van der Waals surface area contributed by atoms with E-state index in [2.05, 4.69) is 20.4 Å². The SMILES string of the molecule is Cc1noc(CCNC(=O)CCn2cnc3sc4c(c3c2=O)CCCC4)n1. The zero-order chi connectivity index (χ0) is 18.8. The molecule has 0 fully saturated rings. The van der Waals surface area contributed by atoms with Crippen LogP contribution in [0.25, 0.3) is 10.2 Å². The first-order valence-electron chi connectivity index (χ1n) is 9.17. The molecule has 3 aromatic rings. The zero-order valence-electron chi connectivity index (χ0n) is 15.2. The van der Waals surface area contributed by atoms with Gasteiger partial charge in [-0.25, -0.2) is 4.98 Å². The van der Waals surface area contributed by atoms with Gasteiger partial charge in [0.05, 0.1) is 11.7 Å². The molecule has 0 aromatic carbocycles. The summed E-state index contributed by atoms with van der Waals surface area (Å²) in [6.45, 7) is 2.49. The Labute approximate surface area is 159 Å². The molecule has 0 bridgehead atoms. The van der Waals surface area contributed by atoms with Gasteiger partial charge < -0.3 is 9.84 Å². The molecule has 27 heavy (non-hydrogen) atoms. The Kier molecular flexibility index (Phi) is 5.02. The monoisotopic (exact) mass is 387 g/mol. The molecule has 0 atom stereocenters. The van der Waals surface area contributed by atoms with Gasteiger partial charge >= 0.3 is 0 Å². The minimum atomic E-state index is -0.120. The van der Waals surface area contributed by atoms with E-state index in [1.807, 2.05) is 0 Å². The highest BCUT2D eigenvalue weighted by molar-refractivity contribution is 7.18. The first kappa shape index (κ1) is 17.8. The number of hydrogen-bond acceptors (Lipinski definition) is 7. The smallest absolute Gasteiger partial charge is 0.262 e. The lowest BCUT2D eigenvalue weighted by Crippen LogP contribution is -2.29. The molecule has 3 aromatic heterocycles. The third kappa shape index (κ3) is 3.78. The molecule has 0 unspecified atom stereocenters. The van der Waals surface area contributed by atoms with Gasteiger partial charge in [0, 0.05) is 30.8 Å². The summed E-state index contributed by atoms with van der Waals surface area (Å²) < 4.78 is 6.55. The van der Waals surface area contributed by atoms with Crippen molar-refractivity contribution in [3.63, 3.8) is 0 Å². The molecule has 0 radical (unpaired) electrons. The number of carbonyl (C=O) groups is 1. The van der Waals surface area contributed by atoms with Crippen molar-refractivity contribution in [2.45, 2.75) is 52.0 Å². The second kappa shape index (κ2) is 7.59. The number of amides is 1. The average molecular weight is 387 g/mol. The first-order valence-corrected chi connectivity index (χ1v) is 9.99. The van der Waals surface area contributed by atoms with Crippen LogP contribution in [0.3, 0.4) is 0 Å². The van der Waals surface area contributed by atoms with E-state index in [1.54, 1.807) is 29.2 Å². The van der Waals surface area contributed by atoms with Crippen LogP contribution in [0.2, 0.25) is 0 Å². The third-order valence-electron chi connectivity index (χ3n) is 4.75. The topological polar surface area (TPSA) is 103 Å². The molecule has 8 nitrogen and oxygen atoms in total. The molecule has 0 aliphatic heterocycles. The molecule has 1 aliphatic carbocycles. The second-order valence-electron chi connectivity index (χ2n) is 6.72. The van der Waals surface area contributed by atoms with Crippen molar-refractivity contribution in [2.75, 3.05) is 6.54 Å². The molecule has 4 rings (SSSR count). The number of rotatable bonds is 6. The number of nitrogens with one attached hydrogen (secondary N) is 1.